The first-order valence-electron chi connectivity index (χ1n) is 3.66. The highest BCUT2D eigenvalue weighted by Crippen LogP contribution is 2.23. The van der Waals surface area contributed by atoms with Gasteiger partial charge in [-0.2, -0.15) is 0 Å². The molecule has 0 aromatic rings. The van der Waals surface area contributed by atoms with Crippen LogP contribution < -0.4 is 0 Å². The third-order valence-electron chi connectivity index (χ3n) is 1.65. The van der Waals surface area contributed by atoms with Crippen LogP contribution in [0.5, 0.6) is 0 Å². The van der Waals surface area contributed by atoms with E-state index in [0.29, 0.717) is 6.61 Å². The van der Waals surface area contributed by atoms with E-state index in [-0.39, 0.29) is 6.61 Å². The zero-order valence-electron chi connectivity index (χ0n) is 6.78. The van der Waals surface area contributed by atoms with Crippen LogP contribution in [-0.2, 0) is 9.47 Å². The summed E-state index contributed by atoms with van der Waals surface area (Å²) in [4.78, 5) is 0. The molecule has 2 N–H and O–H groups in total. The number of rotatable bonds is 2. The molecule has 66 valence electrons. The molecule has 4 nitrogen and oxygen atoms in total. The first-order chi connectivity index (χ1) is 5.05. The standard InChI is InChI=1S/C7H14O4/c1-7(2)10-4-6(11-7)5(9)3-8/h5-6,8-9H,3-4H2,1-2H3/t5?,6-/m1/s1. The molecular weight excluding hydrogens is 148 g/mol. The van der Waals surface area contributed by atoms with Gasteiger partial charge >= 0.3 is 0 Å². The molecule has 2 atom stereocenters. The molecule has 4 heteroatoms. The number of hydrogen-bond donors (Lipinski definition) is 2. The fraction of sp³-hybridized carbons (Fsp3) is 1.00. The van der Waals surface area contributed by atoms with Crippen LogP contribution >= 0.6 is 0 Å². The molecule has 0 bridgehead atoms. The number of aliphatic hydroxyl groups excluding tert-OH is 2. The fourth-order valence-electron chi connectivity index (χ4n) is 1.02. The Balaban J connectivity index is 2.41. The smallest absolute Gasteiger partial charge is 0.163 e. The van der Waals surface area contributed by atoms with Crippen LogP contribution in [0.3, 0.4) is 0 Å². The average molecular weight is 162 g/mol. The molecule has 1 fully saturated rings. The van der Waals surface area contributed by atoms with Crippen molar-refractivity contribution in [3.8, 4) is 0 Å². The minimum atomic E-state index is -0.836. The minimum Gasteiger partial charge on any atom is -0.394 e. The van der Waals surface area contributed by atoms with E-state index >= 15 is 0 Å². The second-order valence-electron chi connectivity index (χ2n) is 3.12. The Morgan fingerprint density at radius 2 is 2.27 bits per heavy atom. The molecule has 1 heterocycles. The Kier molecular flexibility index (Phi) is 2.49. The second kappa shape index (κ2) is 3.06. The molecule has 0 aliphatic carbocycles. The zero-order valence-corrected chi connectivity index (χ0v) is 6.78. The van der Waals surface area contributed by atoms with Crippen LogP contribution in [0.2, 0.25) is 0 Å². The molecule has 1 rings (SSSR count). The van der Waals surface area contributed by atoms with Crippen molar-refractivity contribution in [2.45, 2.75) is 31.8 Å². The van der Waals surface area contributed by atoms with Gasteiger partial charge in [-0.3, -0.25) is 0 Å². The molecule has 0 aromatic carbocycles. The molecule has 0 amide bonds. The lowest BCUT2D eigenvalue weighted by Gasteiger charge is -2.18. The van der Waals surface area contributed by atoms with Crippen molar-refractivity contribution in [3.63, 3.8) is 0 Å². The normalized spacial score (nSPS) is 32.2. The van der Waals surface area contributed by atoms with E-state index in [2.05, 4.69) is 0 Å². The number of hydrogen-bond acceptors (Lipinski definition) is 4. The van der Waals surface area contributed by atoms with Crippen molar-refractivity contribution >= 4 is 0 Å². The van der Waals surface area contributed by atoms with Gasteiger partial charge in [-0.05, 0) is 13.8 Å². The summed E-state index contributed by atoms with van der Waals surface area (Å²) < 4.78 is 10.5. The van der Waals surface area contributed by atoms with E-state index in [1.807, 2.05) is 0 Å². The van der Waals surface area contributed by atoms with Crippen molar-refractivity contribution < 1.29 is 19.7 Å². The Bertz CT molecular complexity index is 134. The van der Waals surface area contributed by atoms with Gasteiger partial charge in [0, 0.05) is 0 Å². The maximum atomic E-state index is 9.13. The molecule has 1 aliphatic heterocycles. The zero-order chi connectivity index (χ0) is 8.48. The van der Waals surface area contributed by atoms with Crippen LogP contribution in [0.1, 0.15) is 13.8 Å². The highest BCUT2D eigenvalue weighted by Gasteiger charge is 2.36. The van der Waals surface area contributed by atoms with E-state index in [1.165, 1.54) is 0 Å². The third-order valence-corrected chi connectivity index (χ3v) is 1.65. The number of ether oxygens (including phenoxy) is 2. The lowest BCUT2D eigenvalue weighted by Crippen LogP contribution is -2.33. The number of aliphatic hydroxyl groups is 2. The summed E-state index contributed by atoms with van der Waals surface area (Å²) in [5.41, 5.74) is 0. The van der Waals surface area contributed by atoms with E-state index in [0.717, 1.165) is 0 Å². The first-order valence-corrected chi connectivity index (χ1v) is 3.66. The highest BCUT2D eigenvalue weighted by molar-refractivity contribution is 4.76. The van der Waals surface area contributed by atoms with Crippen LogP contribution in [0, 0.1) is 0 Å². The topological polar surface area (TPSA) is 58.9 Å². The fourth-order valence-corrected chi connectivity index (χ4v) is 1.02. The van der Waals surface area contributed by atoms with Gasteiger partial charge < -0.3 is 19.7 Å². The van der Waals surface area contributed by atoms with Crippen molar-refractivity contribution in [1.82, 2.24) is 0 Å². The highest BCUT2D eigenvalue weighted by atomic mass is 16.7. The van der Waals surface area contributed by atoms with Gasteiger partial charge in [0.1, 0.15) is 12.2 Å². The minimum absolute atomic E-state index is 0.288. The van der Waals surface area contributed by atoms with Crippen LogP contribution in [0.25, 0.3) is 0 Å². The van der Waals surface area contributed by atoms with Crippen molar-refractivity contribution in [1.29, 1.82) is 0 Å². The summed E-state index contributed by atoms with van der Waals surface area (Å²) >= 11 is 0. The summed E-state index contributed by atoms with van der Waals surface area (Å²) in [7, 11) is 0. The largest absolute Gasteiger partial charge is 0.394 e. The van der Waals surface area contributed by atoms with Crippen molar-refractivity contribution in [3.05, 3.63) is 0 Å². The monoisotopic (exact) mass is 162 g/mol. The molecular formula is C7H14O4. The predicted octanol–water partition coefficient (Wildman–Crippen LogP) is -0.509. The van der Waals surface area contributed by atoms with Gasteiger partial charge in [0.05, 0.1) is 13.2 Å². The van der Waals surface area contributed by atoms with Gasteiger partial charge in [-0.1, -0.05) is 0 Å². The van der Waals surface area contributed by atoms with Gasteiger partial charge in [0.25, 0.3) is 0 Å². The van der Waals surface area contributed by atoms with Crippen LogP contribution in [-0.4, -0.2) is 41.4 Å². The Labute approximate surface area is 65.7 Å². The maximum absolute atomic E-state index is 9.13. The average Bonchev–Trinajstić information content (AvgIpc) is 2.29. The summed E-state index contributed by atoms with van der Waals surface area (Å²) in [5, 5.41) is 17.7. The quantitative estimate of drug-likeness (QED) is 0.574. The van der Waals surface area contributed by atoms with Gasteiger partial charge in [-0.15, -0.1) is 0 Å². The van der Waals surface area contributed by atoms with Gasteiger partial charge in [-0.25, -0.2) is 0 Å². The molecule has 0 spiro atoms. The molecule has 1 saturated heterocycles. The maximum Gasteiger partial charge on any atom is 0.163 e. The van der Waals surface area contributed by atoms with E-state index < -0.39 is 18.0 Å². The van der Waals surface area contributed by atoms with E-state index in [1.54, 1.807) is 13.8 Å². The summed E-state index contributed by atoms with van der Waals surface area (Å²) in [6.07, 6.45) is -1.23. The van der Waals surface area contributed by atoms with Crippen LogP contribution in [0.15, 0.2) is 0 Å². The van der Waals surface area contributed by atoms with Crippen molar-refractivity contribution in [2.24, 2.45) is 0 Å². The first kappa shape index (κ1) is 8.93. The third kappa shape index (κ3) is 2.13. The summed E-state index contributed by atoms with van der Waals surface area (Å²) in [5.74, 6) is -0.624. The molecule has 11 heavy (non-hydrogen) atoms. The van der Waals surface area contributed by atoms with Crippen molar-refractivity contribution in [2.75, 3.05) is 13.2 Å². The molecule has 0 saturated carbocycles. The van der Waals surface area contributed by atoms with E-state index in [4.69, 9.17) is 19.7 Å². The summed E-state index contributed by atoms with van der Waals surface area (Å²) in [6.45, 7) is 3.60. The Morgan fingerprint density at radius 3 is 2.64 bits per heavy atom. The second-order valence-corrected chi connectivity index (χ2v) is 3.12. The molecule has 0 aromatic heterocycles. The Hall–Kier alpha value is -0.160. The molecule has 1 aliphatic rings. The molecule has 1 unspecified atom stereocenters. The van der Waals surface area contributed by atoms with Gasteiger partial charge in [0.2, 0.25) is 0 Å². The van der Waals surface area contributed by atoms with Crippen LogP contribution in [0.4, 0.5) is 0 Å². The predicted molar refractivity (Wildman–Crippen MR) is 38.0 cm³/mol. The van der Waals surface area contributed by atoms with Gasteiger partial charge in [0.15, 0.2) is 5.79 Å². The summed E-state index contributed by atoms with van der Waals surface area (Å²) in [6, 6.07) is 0. The molecule has 0 radical (unpaired) electrons. The Morgan fingerprint density at radius 1 is 1.64 bits per heavy atom. The van der Waals surface area contributed by atoms with E-state index in [9.17, 15) is 0 Å². The lowest BCUT2D eigenvalue weighted by atomic mass is 10.2. The SMILES string of the molecule is CC1(C)OC[C@H](C(O)CO)O1. The lowest BCUT2D eigenvalue weighted by molar-refractivity contribution is -0.153.